The van der Waals surface area contributed by atoms with Crippen molar-refractivity contribution in [1.29, 1.82) is 0 Å². The standard InChI is InChI=1S/C17H11FN2O3.C3H7NO/c18-12-3-7-14(8-4-12)23-13-5-1-11(2-6-13)15-9-10-19-16(20-15)17(21)22;1-4(2)3-5/h1-10H,(H,21,22);3H,1-2H3. The van der Waals surface area contributed by atoms with E-state index in [4.69, 9.17) is 9.84 Å². The van der Waals surface area contributed by atoms with Crippen LogP contribution in [0.25, 0.3) is 11.3 Å². The predicted molar refractivity (Wildman–Crippen MR) is 101 cm³/mol. The number of carbonyl (C=O) groups excluding carboxylic acids is 1. The Hall–Kier alpha value is -3.81. The van der Waals surface area contributed by atoms with Gasteiger partial charge >= 0.3 is 5.97 Å². The molecule has 2 aromatic carbocycles. The second kappa shape index (κ2) is 9.77. The van der Waals surface area contributed by atoms with Crippen molar-refractivity contribution in [3.8, 4) is 22.8 Å². The predicted octanol–water partition coefficient (Wildman–Crippen LogP) is 3.48. The number of carbonyl (C=O) groups is 2. The summed E-state index contributed by atoms with van der Waals surface area (Å²) in [4.78, 5) is 29.4. The SMILES string of the molecule is CN(C)C=O.O=C(O)c1nccc(-c2ccc(Oc3ccc(F)cc3)cc2)n1. The summed E-state index contributed by atoms with van der Waals surface area (Å²) in [5, 5.41) is 8.91. The number of carboxylic acids is 1. The number of ether oxygens (including phenoxy) is 1. The van der Waals surface area contributed by atoms with Crippen molar-refractivity contribution in [2.24, 2.45) is 0 Å². The van der Waals surface area contributed by atoms with Gasteiger partial charge in [-0.3, -0.25) is 4.79 Å². The molecule has 0 aliphatic rings. The maximum atomic E-state index is 12.8. The fourth-order valence-electron chi connectivity index (χ4n) is 1.95. The third-order valence-electron chi connectivity index (χ3n) is 3.26. The van der Waals surface area contributed by atoms with E-state index in [1.807, 2.05) is 0 Å². The molecule has 0 bridgehead atoms. The topological polar surface area (TPSA) is 92.6 Å². The van der Waals surface area contributed by atoms with Gasteiger partial charge < -0.3 is 14.7 Å². The van der Waals surface area contributed by atoms with Crippen molar-refractivity contribution in [1.82, 2.24) is 14.9 Å². The third-order valence-corrected chi connectivity index (χ3v) is 3.26. The highest BCUT2D eigenvalue weighted by Gasteiger charge is 2.08. The van der Waals surface area contributed by atoms with E-state index in [2.05, 4.69) is 9.97 Å². The second-order valence-electron chi connectivity index (χ2n) is 5.72. The van der Waals surface area contributed by atoms with E-state index in [1.165, 1.54) is 35.4 Å². The van der Waals surface area contributed by atoms with Gasteiger partial charge in [0.25, 0.3) is 0 Å². The Morgan fingerprint density at radius 1 is 1.04 bits per heavy atom. The van der Waals surface area contributed by atoms with E-state index in [9.17, 15) is 14.0 Å². The van der Waals surface area contributed by atoms with Crippen LogP contribution in [0.4, 0.5) is 4.39 Å². The first-order valence-electron chi connectivity index (χ1n) is 8.11. The van der Waals surface area contributed by atoms with Crippen LogP contribution in [0.3, 0.4) is 0 Å². The van der Waals surface area contributed by atoms with Crippen molar-refractivity contribution in [2.75, 3.05) is 14.1 Å². The highest BCUT2D eigenvalue weighted by molar-refractivity contribution is 5.83. The third kappa shape index (κ3) is 6.17. The van der Waals surface area contributed by atoms with Crippen LogP contribution >= 0.6 is 0 Å². The summed E-state index contributed by atoms with van der Waals surface area (Å²) in [6.07, 6.45) is 2.15. The number of hydrogen-bond donors (Lipinski definition) is 1. The van der Waals surface area contributed by atoms with Crippen molar-refractivity contribution in [3.63, 3.8) is 0 Å². The Morgan fingerprint density at radius 2 is 1.57 bits per heavy atom. The Kier molecular flexibility index (Phi) is 7.15. The Balaban J connectivity index is 0.000000500. The van der Waals surface area contributed by atoms with E-state index in [1.54, 1.807) is 44.4 Å². The van der Waals surface area contributed by atoms with Crippen molar-refractivity contribution < 1.29 is 23.8 Å². The lowest BCUT2D eigenvalue weighted by atomic mass is 10.1. The molecule has 0 saturated heterocycles. The highest BCUT2D eigenvalue weighted by Crippen LogP contribution is 2.25. The van der Waals surface area contributed by atoms with Gasteiger partial charge in [-0.1, -0.05) is 0 Å². The summed E-state index contributed by atoms with van der Waals surface area (Å²) in [6, 6.07) is 14.3. The number of halogens is 1. The minimum absolute atomic E-state index is 0.255. The molecule has 7 nitrogen and oxygen atoms in total. The van der Waals surface area contributed by atoms with Crippen LogP contribution in [-0.4, -0.2) is 46.4 Å². The molecule has 1 heterocycles. The van der Waals surface area contributed by atoms with E-state index in [0.29, 0.717) is 17.2 Å². The van der Waals surface area contributed by atoms with Gasteiger partial charge in [0.05, 0.1) is 5.69 Å². The molecule has 3 rings (SSSR count). The maximum absolute atomic E-state index is 12.8. The molecule has 0 saturated carbocycles. The fraction of sp³-hybridized carbons (Fsp3) is 0.100. The van der Waals surface area contributed by atoms with Crippen LogP contribution in [0, 0.1) is 5.82 Å². The van der Waals surface area contributed by atoms with Gasteiger partial charge in [-0.15, -0.1) is 0 Å². The average Bonchev–Trinajstić information content (AvgIpc) is 2.71. The first-order valence-corrected chi connectivity index (χ1v) is 8.11. The Morgan fingerprint density at radius 3 is 2.07 bits per heavy atom. The number of rotatable bonds is 5. The molecule has 144 valence electrons. The number of carboxylic acid groups (broad SMARTS) is 1. The van der Waals surface area contributed by atoms with Crippen LogP contribution in [-0.2, 0) is 4.79 Å². The minimum Gasteiger partial charge on any atom is -0.475 e. The molecule has 8 heteroatoms. The molecule has 0 atom stereocenters. The largest absolute Gasteiger partial charge is 0.475 e. The molecule has 0 radical (unpaired) electrons. The van der Waals surface area contributed by atoms with Gasteiger partial charge in [-0.2, -0.15) is 0 Å². The molecular formula is C20H18FN3O4. The molecule has 0 aliphatic carbocycles. The molecular weight excluding hydrogens is 365 g/mol. The number of aromatic carboxylic acids is 1. The van der Waals surface area contributed by atoms with Crippen LogP contribution in [0.15, 0.2) is 60.8 Å². The monoisotopic (exact) mass is 383 g/mol. The molecule has 0 spiro atoms. The van der Waals surface area contributed by atoms with Crippen LogP contribution in [0.1, 0.15) is 10.6 Å². The van der Waals surface area contributed by atoms with Gasteiger partial charge in [0, 0.05) is 25.9 Å². The summed E-state index contributed by atoms with van der Waals surface area (Å²) in [6.45, 7) is 0. The lowest BCUT2D eigenvalue weighted by Gasteiger charge is -2.07. The molecule has 0 fully saturated rings. The van der Waals surface area contributed by atoms with Gasteiger partial charge in [-0.25, -0.2) is 19.2 Å². The maximum Gasteiger partial charge on any atom is 0.373 e. The Labute approximate surface area is 161 Å². The first-order chi connectivity index (χ1) is 13.4. The van der Waals surface area contributed by atoms with Gasteiger partial charge in [0.2, 0.25) is 12.2 Å². The number of aromatic nitrogens is 2. The molecule has 1 N–H and O–H groups in total. The minimum atomic E-state index is -1.18. The van der Waals surface area contributed by atoms with Crippen molar-refractivity contribution in [2.45, 2.75) is 0 Å². The van der Waals surface area contributed by atoms with Gasteiger partial charge in [0.1, 0.15) is 17.3 Å². The van der Waals surface area contributed by atoms with Crippen molar-refractivity contribution >= 4 is 12.4 Å². The smallest absolute Gasteiger partial charge is 0.373 e. The van der Waals surface area contributed by atoms with Crippen LogP contribution in [0.2, 0.25) is 0 Å². The molecule has 1 amide bonds. The van der Waals surface area contributed by atoms with E-state index in [0.717, 1.165) is 12.0 Å². The number of benzene rings is 2. The first kappa shape index (κ1) is 20.5. The van der Waals surface area contributed by atoms with Crippen LogP contribution < -0.4 is 4.74 Å². The summed E-state index contributed by atoms with van der Waals surface area (Å²) >= 11 is 0. The summed E-state index contributed by atoms with van der Waals surface area (Å²) in [7, 11) is 3.38. The number of nitrogens with zero attached hydrogens (tertiary/aromatic N) is 3. The average molecular weight is 383 g/mol. The lowest BCUT2D eigenvalue weighted by Crippen LogP contribution is -2.06. The second-order valence-corrected chi connectivity index (χ2v) is 5.72. The molecule has 0 aliphatic heterocycles. The van der Waals surface area contributed by atoms with Gasteiger partial charge in [-0.05, 0) is 54.6 Å². The number of hydrogen-bond acceptors (Lipinski definition) is 5. The molecule has 0 unspecified atom stereocenters. The fourth-order valence-corrected chi connectivity index (χ4v) is 1.95. The molecule has 1 aromatic heterocycles. The van der Waals surface area contributed by atoms with Crippen LogP contribution in [0.5, 0.6) is 11.5 Å². The number of amides is 1. The lowest BCUT2D eigenvalue weighted by molar-refractivity contribution is -0.115. The van der Waals surface area contributed by atoms with Gasteiger partial charge in [0.15, 0.2) is 0 Å². The Bertz CT molecular complexity index is 929. The van der Waals surface area contributed by atoms with E-state index < -0.39 is 5.97 Å². The zero-order valence-corrected chi connectivity index (χ0v) is 15.2. The summed E-state index contributed by atoms with van der Waals surface area (Å²) < 4.78 is 18.4. The zero-order valence-electron chi connectivity index (χ0n) is 15.2. The summed E-state index contributed by atoms with van der Waals surface area (Å²) in [5.74, 6) is -0.662. The molecule has 28 heavy (non-hydrogen) atoms. The summed E-state index contributed by atoms with van der Waals surface area (Å²) in [5.41, 5.74) is 1.24. The van der Waals surface area contributed by atoms with Crippen molar-refractivity contribution in [3.05, 3.63) is 72.4 Å². The highest BCUT2D eigenvalue weighted by atomic mass is 19.1. The van der Waals surface area contributed by atoms with E-state index >= 15 is 0 Å². The zero-order chi connectivity index (χ0) is 20.5. The quantitative estimate of drug-likeness (QED) is 0.678. The normalized spacial score (nSPS) is 9.68. The van der Waals surface area contributed by atoms with E-state index in [-0.39, 0.29) is 11.6 Å². The molecule has 3 aromatic rings.